The number of aromatic nitrogens is 4. The summed E-state index contributed by atoms with van der Waals surface area (Å²) in [6.45, 7) is 2.70. The van der Waals surface area contributed by atoms with Crippen LogP contribution >= 0.6 is 0 Å². The standard InChI is InChI=1S/C16H20N6O5/c1-15(2,24)16(3-4-17)26-10-8(5-23)25-14(11(10)27-16)22-7-21-9-12(18)19-6-20-13(9)22/h6-8,10-11,14,23-24H,3,5H2,1-2H3,(H2,18,19,20)/t8-,10-,11-,14-,16?/m1/s1. The van der Waals surface area contributed by atoms with Gasteiger partial charge in [-0.15, -0.1) is 0 Å². The van der Waals surface area contributed by atoms with Crippen LogP contribution in [0.15, 0.2) is 12.7 Å². The molecule has 2 aromatic heterocycles. The number of aliphatic hydroxyl groups is 2. The molecular formula is C16H20N6O5. The van der Waals surface area contributed by atoms with E-state index in [1.54, 1.807) is 4.57 Å². The molecule has 27 heavy (non-hydrogen) atoms. The van der Waals surface area contributed by atoms with Crippen LogP contribution in [0.3, 0.4) is 0 Å². The average molecular weight is 376 g/mol. The Morgan fingerprint density at radius 3 is 2.74 bits per heavy atom. The number of imidazole rings is 1. The fourth-order valence-corrected chi connectivity index (χ4v) is 3.56. The van der Waals surface area contributed by atoms with Crippen LogP contribution in [0.25, 0.3) is 11.2 Å². The largest absolute Gasteiger partial charge is 0.394 e. The molecule has 0 aliphatic carbocycles. The van der Waals surface area contributed by atoms with Gasteiger partial charge >= 0.3 is 0 Å². The summed E-state index contributed by atoms with van der Waals surface area (Å²) in [4.78, 5) is 12.3. The lowest BCUT2D eigenvalue weighted by Gasteiger charge is -2.38. The number of ether oxygens (including phenoxy) is 3. The zero-order chi connectivity index (χ0) is 19.4. The molecule has 2 aliphatic rings. The monoisotopic (exact) mass is 376 g/mol. The van der Waals surface area contributed by atoms with Crippen molar-refractivity contribution in [1.82, 2.24) is 19.5 Å². The van der Waals surface area contributed by atoms with Crippen LogP contribution in [0.5, 0.6) is 0 Å². The second-order valence-corrected chi connectivity index (χ2v) is 7.14. The maximum absolute atomic E-state index is 10.6. The lowest BCUT2D eigenvalue weighted by Crippen LogP contribution is -2.52. The number of nitriles is 1. The molecule has 0 saturated carbocycles. The van der Waals surface area contributed by atoms with Gasteiger partial charge in [0, 0.05) is 0 Å². The molecule has 0 bridgehead atoms. The summed E-state index contributed by atoms with van der Waals surface area (Å²) in [6.07, 6.45) is -0.210. The number of nitrogens with two attached hydrogens (primary N) is 1. The topological polar surface area (TPSA) is 162 Å². The van der Waals surface area contributed by atoms with Gasteiger partial charge in [0.05, 0.1) is 25.4 Å². The minimum Gasteiger partial charge on any atom is -0.394 e. The van der Waals surface area contributed by atoms with Crippen LogP contribution in [-0.2, 0) is 14.2 Å². The molecule has 2 aliphatic heterocycles. The Morgan fingerprint density at radius 2 is 2.07 bits per heavy atom. The summed E-state index contributed by atoms with van der Waals surface area (Å²) in [6, 6.07) is 2.00. The Labute approximate surface area is 154 Å². The van der Waals surface area contributed by atoms with E-state index < -0.39 is 35.9 Å². The highest BCUT2D eigenvalue weighted by Gasteiger charge is 2.63. The zero-order valence-corrected chi connectivity index (χ0v) is 14.8. The molecule has 0 aromatic carbocycles. The Kier molecular flexibility index (Phi) is 4.06. The van der Waals surface area contributed by atoms with E-state index in [1.165, 1.54) is 26.5 Å². The number of hydrogen-bond acceptors (Lipinski definition) is 10. The third-order valence-electron chi connectivity index (χ3n) is 5.02. The Bertz CT molecular complexity index is 905. The van der Waals surface area contributed by atoms with Gasteiger partial charge in [-0.2, -0.15) is 5.26 Å². The number of hydrogen-bond donors (Lipinski definition) is 3. The third-order valence-corrected chi connectivity index (χ3v) is 5.02. The summed E-state index contributed by atoms with van der Waals surface area (Å²) in [5.74, 6) is -1.32. The number of fused-ring (bicyclic) bond motifs is 2. The number of aliphatic hydroxyl groups excluding tert-OH is 1. The van der Waals surface area contributed by atoms with Crippen LogP contribution in [0.2, 0.25) is 0 Å². The molecule has 11 nitrogen and oxygen atoms in total. The normalized spacial score (nSPS) is 33.3. The Morgan fingerprint density at radius 1 is 1.33 bits per heavy atom. The van der Waals surface area contributed by atoms with E-state index >= 15 is 0 Å². The molecule has 2 saturated heterocycles. The van der Waals surface area contributed by atoms with Crippen molar-refractivity contribution in [1.29, 1.82) is 5.26 Å². The molecule has 144 valence electrons. The first-order chi connectivity index (χ1) is 12.8. The van der Waals surface area contributed by atoms with Gasteiger partial charge in [0.2, 0.25) is 5.79 Å². The van der Waals surface area contributed by atoms with E-state index in [1.807, 2.05) is 6.07 Å². The van der Waals surface area contributed by atoms with E-state index in [9.17, 15) is 15.5 Å². The molecule has 4 rings (SSSR count). The van der Waals surface area contributed by atoms with E-state index in [2.05, 4.69) is 15.0 Å². The number of anilines is 1. The van der Waals surface area contributed by atoms with E-state index in [4.69, 9.17) is 19.9 Å². The lowest BCUT2D eigenvalue weighted by atomic mass is 9.95. The first kappa shape index (κ1) is 18.0. The first-order valence-corrected chi connectivity index (χ1v) is 8.45. The molecule has 2 aromatic rings. The molecule has 2 fully saturated rings. The molecular weight excluding hydrogens is 356 g/mol. The van der Waals surface area contributed by atoms with Crippen LogP contribution in [-0.4, -0.2) is 66.0 Å². The molecule has 0 radical (unpaired) electrons. The molecule has 11 heteroatoms. The fraction of sp³-hybridized carbons (Fsp3) is 0.625. The van der Waals surface area contributed by atoms with Crippen molar-refractivity contribution >= 4 is 17.0 Å². The predicted molar refractivity (Wildman–Crippen MR) is 89.7 cm³/mol. The SMILES string of the molecule is CC(C)(O)C1(CC#N)O[C@@H]2[C@H](O1)[C@@H](CO)O[C@H]2n1cnc2c(N)ncnc21. The second kappa shape index (κ2) is 6.08. The molecule has 0 spiro atoms. The van der Waals surface area contributed by atoms with Crippen molar-refractivity contribution in [3.63, 3.8) is 0 Å². The van der Waals surface area contributed by atoms with Crippen molar-refractivity contribution in [2.45, 2.75) is 56.2 Å². The van der Waals surface area contributed by atoms with Crippen LogP contribution in [0.1, 0.15) is 26.5 Å². The zero-order valence-electron chi connectivity index (χ0n) is 14.8. The van der Waals surface area contributed by atoms with Gasteiger partial charge < -0.3 is 30.2 Å². The minimum atomic E-state index is -1.54. The van der Waals surface area contributed by atoms with Gasteiger partial charge in [-0.05, 0) is 13.8 Å². The van der Waals surface area contributed by atoms with Crippen LogP contribution in [0.4, 0.5) is 5.82 Å². The third kappa shape index (κ3) is 2.57. The Hall–Kier alpha value is -2.36. The van der Waals surface area contributed by atoms with E-state index in [0.29, 0.717) is 11.2 Å². The number of nitrogens with zero attached hydrogens (tertiary/aromatic N) is 5. The summed E-state index contributed by atoms with van der Waals surface area (Å²) in [5.41, 5.74) is 5.23. The van der Waals surface area contributed by atoms with Crippen molar-refractivity contribution < 1.29 is 24.4 Å². The Balaban J connectivity index is 1.76. The smallest absolute Gasteiger partial charge is 0.211 e. The maximum Gasteiger partial charge on any atom is 0.211 e. The van der Waals surface area contributed by atoms with Crippen molar-refractivity contribution in [3.05, 3.63) is 12.7 Å². The van der Waals surface area contributed by atoms with Crippen LogP contribution in [0, 0.1) is 11.3 Å². The van der Waals surface area contributed by atoms with Gasteiger partial charge in [0.25, 0.3) is 0 Å². The molecule has 1 unspecified atom stereocenters. The first-order valence-electron chi connectivity index (χ1n) is 8.45. The highest BCUT2D eigenvalue weighted by Crippen LogP contribution is 2.48. The summed E-state index contributed by atoms with van der Waals surface area (Å²) in [7, 11) is 0. The van der Waals surface area contributed by atoms with Crippen molar-refractivity contribution in [3.8, 4) is 6.07 Å². The number of rotatable bonds is 4. The van der Waals surface area contributed by atoms with Gasteiger partial charge in [0.15, 0.2) is 17.7 Å². The van der Waals surface area contributed by atoms with Gasteiger partial charge in [0.1, 0.15) is 35.8 Å². The maximum atomic E-state index is 10.6. The second-order valence-electron chi connectivity index (χ2n) is 7.14. The van der Waals surface area contributed by atoms with Gasteiger partial charge in [-0.3, -0.25) is 4.57 Å². The summed E-state index contributed by atoms with van der Waals surface area (Å²) < 4.78 is 19.6. The van der Waals surface area contributed by atoms with Gasteiger partial charge in [-0.1, -0.05) is 0 Å². The van der Waals surface area contributed by atoms with Crippen LogP contribution < -0.4 is 5.73 Å². The average Bonchev–Trinajstić information content (AvgIpc) is 3.27. The van der Waals surface area contributed by atoms with Gasteiger partial charge in [-0.25, -0.2) is 15.0 Å². The van der Waals surface area contributed by atoms with E-state index in [0.717, 1.165) is 0 Å². The molecule has 4 N–H and O–H groups in total. The summed E-state index contributed by atoms with van der Waals surface area (Å²) in [5, 5.41) is 29.5. The van der Waals surface area contributed by atoms with E-state index in [-0.39, 0.29) is 18.8 Å². The highest BCUT2D eigenvalue weighted by molar-refractivity contribution is 5.81. The van der Waals surface area contributed by atoms with Crippen molar-refractivity contribution in [2.24, 2.45) is 0 Å². The lowest BCUT2D eigenvalue weighted by molar-refractivity contribution is -0.288. The fourth-order valence-electron chi connectivity index (χ4n) is 3.56. The predicted octanol–water partition coefficient (Wildman–Crippen LogP) is -0.537. The number of nitrogen functional groups attached to an aromatic ring is 1. The molecule has 5 atom stereocenters. The molecule has 4 heterocycles. The minimum absolute atomic E-state index is 0.186. The van der Waals surface area contributed by atoms with Crippen molar-refractivity contribution in [2.75, 3.05) is 12.3 Å². The summed E-state index contributed by atoms with van der Waals surface area (Å²) >= 11 is 0. The quantitative estimate of drug-likeness (QED) is 0.632. The molecule has 0 amide bonds. The highest BCUT2D eigenvalue weighted by atomic mass is 16.8.